The second-order valence-corrected chi connectivity index (χ2v) is 5.50. The van der Waals surface area contributed by atoms with Crippen molar-refractivity contribution < 1.29 is 5.11 Å². The topological polar surface area (TPSA) is 20.2 Å². The van der Waals surface area contributed by atoms with E-state index in [0.29, 0.717) is 5.92 Å². The summed E-state index contributed by atoms with van der Waals surface area (Å²) in [4.78, 5) is 0. The smallest absolute Gasteiger partial charge is 0.0820 e. The molecule has 0 fully saturated rings. The minimum absolute atomic E-state index is 0.294. The van der Waals surface area contributed by atoms with E-state index < -0.39 is 0 Å². The molecule has 0 saturated carbocycles. The third-order valence-electron chi connectivity index (χ3n) is 4.22. The molecule has 0 bridgehead atoms. The summed E-state index contributed by atoms with van der Waals surface area (Å²) in [6.45, 7) is 8.75. The van der Waals surface area contributed by atoms with Crippen molar-refractivity contribution in [3.05, 3.63) is 34.9 Å². The van der Waals surface area contributed by atoms with Gasteiger partial charge in [-0.05, 0) is 41.9 Å². The van der Waals surface area contributed by atoms with Crippen LogP contribution in [-0.2, 0) is 12.8 Å². The van der Waals surface area contributed by atoms with Crippen molar-refractivity contribution in [1.29, 1.82) is 0 Å². The van der Waals surface area contributed by atoms with Gasteiger partial charge in [-0.1, -0.05) is 65.2 Å². The van der Waals surface area contributed by atoms with Crippen molar-refractivity contribution in [2.45, 2.75) is 72.3 Å². The van der Waals surface area contributed by atoms with Crippen LogP contribution in [0.5, 0.6) is 0 Å². The van der Waals surface area contributed by atoms with Gasteiger partial charge in [-0.15, -0.1) is 0 Å². The summed E-state index contributed by atoms with van der Waals surface area (Å²) in [5, 5.41) is 10.7. The van der Waals surface area contributed by atoms with E-state index in [9.17, 15) is 5.11 Å². The Bertz CT molecular complexity index is 370. The molecule has 0 amide bonds. The summed E-state index contributed by atoms with van der Waals surface area (Å²) in [6, 6.07) is 6.62. The zero-order valence-corrected chi connectivity index (χ0v) is 13.1. The zero-order valence-electron chi connectivity index (χ0n) is 13.1. The van der Waals surface area contributed by atoms with E-state index in [2.05, 4.69) is 45.9 Å². The molecule has 0 aliphatic heterocycles. The number of hydrogen-bond donors (Lipinski definition) is 1. The molecule has 1 rings (SSSR count). The molecule has 0 aromatic heterocycles. The van der Waals surface area contributed by atoms with E-state index in [-0.39, 0.29) is 6.10 Å². The van der Waals surface area contributed by atoms with Crippen molar-refractivity contribution in [1.82, 2.24) is 0 Å². The largest absolute Gasteiger partial charge is 0.388 e. The summed E-state index contributed by atoms with van der Waals surface area (Å²) in [5.74, 6) is 0.400. The van der Waals surface area contributed by atoms with Crippen molar-refractivity contribution in [2.24, 2.45) is 5.92 Å². The average molecular weight is 262 g/mol. The Labute approximate surface area is 119 Å². The number of rotatable bonds is 8. The maximum absolute atomic E-state index is 10.7. The maximum atomic E-state index is 10.7. The van der Waals surface area contributed by atoms with E-state index in [0.717, 1.165) is 25.7 Å². The number of hydrogen-bond acceptors (Lipinski definition) is 1. The van der Waals surface area contributed by atoms with Gasteiger partial charge >= 0.3 is 0 Å². The highest BCUT2D eigenvalue weighted by Gasteiger charge is 2.21. The lowest BCUT2D eigenvalue weighted by atomic mass is 9.85. The van der Waals surface area contributed by atoms with Crippen molar-refractivity contribution in [2.75, 3.05) is 0 Å². The first-order chi connectivity index (χ1) is 9.17. The Morgan fingerprint density at radius 2 is 1.79 bits per heavy atom. The van der Waals surface area contributed by atoms with Crippen molar-refractivity contribution >= 4 is 0 Å². The molecular weight excluding hydrogens is 232 g/mol. The third kappa shape index (κ3) is 4.35. The SMILES string of the molecule is CCCCC(CC)C(O)c1cc(CC)ccc1CC. The lowest BCUT2D eigenvalue weighted by Crippen LogP contribution is -2.14. The van der Waals surface area contributed by atoms with Crippen LogP contribution in [0.15, 0.2) is 18.2 Å². The monoisotopic (exact) mass is 262 g/mol. The summed E-state index contributed by atoms with van der Waals surface area (Å²) in [6.07, 6.45) is 6.35. The molecule has 1 nitrogen and oxygen atoms in total. The van der Waals surface area contributed by atoms with Crippen molar-refractivity contribution in [3.8, 4) is 0 Å². The summed E-state index contributed by atoms with van der Waals surface area (Å²) < 4.78 is 0. The predicted octanol–water partition coefficient (Wildman–Crippen LogP) is 5.06. The highest BCUT2D eigenvalue weighted by Crippen LogP contribution is 2.31. The second kappa shape index (κ2) is 8.37. The van der Waals surface area contributed by atoms with Gasteiger partial charge in [-0.25, -0.2) is 0 Å². The molecule has 108 valence electrons. The Morgan fingerprint density at radius 3 is 2.32 bits per heavy atom. The van der Waals surface area contributed by atoms with Crippen LogP contribution in [0.2, 0.25) is 0 Å². The zero-order chi connectivity index (χ0) is 14.3. The minimum Gasteiger partial charge on any atom is -0.388 e. The molecule has 2 unspecified atom stereocenters. The molecule has 1 aromatic rings. The van der Waals surface area contributed by atoms with Gasteiger partial charge in [0.05, 0.1) is 6.10 Å². The molecule has 2 atom stereocenters. The number of unbranched alkanes of at least 4 members (excludes halogenated alkanes) is 1. The summed E-state index contributed by atoms with van der Waals surface area (Å²) >= 11 is 0. The number of aryl methyl sites for hydroxylation is 2. The van der Waals surface area contributed by atoms with E-state index in [1.807, 2.05) is 0 Å². The molecular formula is C18H30O. The third-order valence-corrected chi connectivity index (χ3v) is 4.22. The van der Waals surface area contributed by atoms with Crippen LogP contribution in [0.25, 0.3) is 0 Å². The molecule has 1 aromatic carbocycles. The first-order valence-electron chi connectivity index (χ1n) is 7.97. The first kappa shape index (κ1) is 16.2. The fourth-order valence-electron chi connectivity index (χ4n) is 2.77. The lowest BCUT2D eigenvalue weighted by Gasteiger charge is -2.24. The van der Waals surface area contributed by atoms with Gasteiger partial charge in [0.2, 0.25) is 0 Å². The van der Waals surface area contributed by atoms with E-state index >= 15 is 0 Å². The van der Waals surface area contributed by atoms with E-state index in [1.54, 1.807) is 0 Å². The average Bonchev–Trinajstić information content (AvgIpc) is 2.47. The van der Waals surface area contributed by atoms with Gasteiger partial charge in [-0.2, -0.15) is 0 Å². The molecule has 0 spiro atoms. The quantitative estimate of drug-likeness (QED) is 0.694. The summed E-state index contributed by atoms with van der Waals surface area (Å²) in [5.41, 5.74) is 3.81. The molecule has 1 heteroatoms. The fourth-order valence-corrected chi connectivity index (χ4v) is 2.77. The van der Waals surface area contributed by atoms with Crippen LogP contribution >= 0.6 is 0 Å². The number of benzene rings is 1. The van der Waals surface area contributed by atoms with Gasteiger partial charge in [0.15, 0.2) is 0 Å². The van der Waals surface area contributed by atoms with Crippen LogP contribution in [0.4, 0.5) is 0 Å². The van der Waals surface area contributed by atoms with Crippen LogP contribution in [0, 0.1) is 5.92 Å². The van der Waals surface area contributed by atoms with Gasteiger partial charge in [0.1, 0.15) is 0 Å². The number of aliphatic hydroxyl groups is 1. The van der Waals surface area contributed by atoms with Gasteiger partial charge in [-0.3, -0.25) is 0 Å². The minimum atomic E-state index is -0.294. The van der Waals surface area contributed by atoms with Crippen LogP contribution < -0.4 is 0 Å². The normalized spacial score (nSPS) is 14.4. The molecule has 0 heterocycles. The molecule has 0 aliphatic carbocycles. The highest BCUT2D eigenvalue weighted by molar-refractivity contribution is 5.34. The van der Waals surface area contributed by atoms with Crippen LogP contribution in [0.3, 0.4) is 0 Å². The van der Waals surface area contributed by atoms with Gasteiger partial charge < -0.3 is 5.11 Å². The Hall–Kier alpha value is -0.820. The number of aliphatic hydroxyl groups excluding tert-OH is 1. The first-order valence-corrected chi connectivity index (χ1v) is 7.97. The van der Waals surface area contributed by atoms with E-state index in [1.165, 1.54) is 29.5 Å². The van der Waals surface area contributed by atoms with Gasteiger partial charge in [0, 0.05) is 0 Å². The molecule has 1 N–H and O–H groups in total. The Balaban J connectivity index is 2.97. The Morgan fingerprint density at radius 1 is 1.05 bits per heavy atom. The molecule has 0 saturated heterocycles. The van der Waals surface area contributed by atoms with Crippen LogP contribution in [-0.4, -0.2) is 5.11 Å². The summed E-state index contributed by atoms with van der Waals surface area (Å²) in [7, 11) is 0. The Kier molecular flexibility index (Phi) is 7.15. The molecule has 19 heavy (non-hydrogen) atoms. The predicted molar refractivity (Wildman–Crippen MR) is 83.5 cm³/mol. The highest BCUT2D eigenvalue weighted by atomic mass is 16.3. The second-order valence-electron chi connectivity index (χ2n) is 5.50. The van der Waals surface area contributed by atoms with Crippen molar-refractivity contribution in [3.63, 3.8) is 0 Å². The molecule has 0 aliphatic rings. The van der Waals surface area contributed by atoms with Crippen LogP contribution in [0.1, 0.15) is 76.2 Å². The fraction of sp³-hybridized carbons (Fsp3) is 0.667. The van der Waals surface area contributed by atoms with E-state index in [4.69, 9.17) is 0 Å². The maximum Gasteiger partial charge on any atom is 0.0820 e. The van der Waals surface area contributed by atoms with Gasteiger partial charge in [0.25, 0.3) is 0 Å². The molecule has 0 radical (unpaired) electrons. The standard InChI is InChI=1S/C18H30O/c1-5-9-10-16(8-4)18(19)17-13-14(6-2)11-12-15(17)7-3/h11-13,16,18-19H,5-10H2,1-4H3. The lowest BCUT2D eigenvalue weighted by molar-refractivity contribution is 0.0980.